The molecule has 0 spiro atoms. The fourth-order valence-corrected chi connectivity index (χ4v) is 6.22. The second-order valence-electron chi connectivity index (χ2n) is 8.49. The summed E-state index contributed by atoms with van der Waals surface area (Å²) in [7, 11) is 1.94. The third kappa shape index (κ3) is 5.00. The Hall–Kier alpha value is -3.27. The second kappa shape index (κ2) is 10.4. The van der Waals surface area contributed by atoms with Crippen molar-refractivity contribution >= 4 is 45.5 Å². The number of nitrogens with zero attached hydrogens (tertiary/aromatic N) is 4. The van der Waals surface area contributed by atoms with E-state index in [-0.39, 0.29) is 11.7 Å². The second-order valence-corrected chi connectivity index (χ2v) is 11.4. The van der Waals surface area contributed by atoms with Crippen LogP contribution in [0, 0.1) is 20.8 Å². The van der Waals surface area contributed by atoms with E-state index in [1.54, 1.807) is 11.3 Å². The number of rotatable bonds is 7. The molecule has 0 atom stereocenters. The molecule has 0 radical (unpaired) electrons. The highest BCUT2D eigenvalue weighted by Crippen LogP contribution is 2.38. The minimum Gasteiger partial charge on any atom is -0.305 e. The van der Waals surface area contributed by atoms with Gasteiger partial charge in [0.1, 0.15) is 0 Å². The van der Waals surface area contributed by atoms with Crippen LogP contribution in [0.4, 0.5) is 5.13 Å². The summed E-state index contributed by atoms with van der Waals surface area (Å²) < 4.78 is 1.95. The van der Waals surface area contributed by atoms with Gasteiger partial charge in [0.2, 0.25) is 5.91 Å². The van der Waals surface area contributed by atoms with Crippen LogP contribution in [-0.4, -0.2) is 31.4 Å². The first-order chi connectivity index (χ1) is 17.4. The summed E-state index contributed by atoms with van der Waals surface area (Å²) in [5, 5.41) is 17.1. The third-order valence-corrected chi connectivity index (χ3v) is 8.69. The lowest BCUT2D eigenvalue weighted by Gasteiger charge is -2.07. The summed E-state index contributed by atoms with van der Waals surface area (Å²) in [6.07, 6.45) is 0. The number of thiazole rings is 1. The van der Waals surface area contributed by atoms with Gasteiger partial charge < -0.3 is 9.88 Å². The van der Waals surface area contributed by atoms with E-state index < -0.39 is 0 Å². The van der Waals surface area contributed by atoms with Gasteiger partial charge >= 0.3 is 0 Å². The molecular weight excluding hydrogens is 507 g/mol. The summed E-state index contributed by atoms with van der Waals surface area (Å²) in [6.45, 7) is 6.30. The molecule has 9 heteroatoms. The summed E-state index contributed by atoms with van der Waals surface area (Å²) >= 11 is 4.49. The average molecular weight is 532 g/mol. The van der Waals surface area contributed by atoms with Gasteiger partial charge in [-0.1, -0.05) is 54.2 Å². The van der Waals surface area contributed by atoms with E-state index in [9.17, 15) is 4.79 Å². The van der Waals surface area contributed by atoms with Crippen LogP contribution in [0.25, 0.3) is 33.8 Å². The van der Waals surface area contributed by atoms with E-state index in [0.717, 1.165) is 28.2 Å². The van der Waals surface area contributed by atoms with Crippen molar-refractivity contribution in [1.82, 2.24) is 19.7 Å². The molecule has 36 heavy (non-hydrogen) atoms. The smallest absolute Gasteiger partial charge is 0.236 e. The largest absolute Gasteiger partial charge is 0.305 e. The number of nitrogens with one attached hydrogen (secondary N) is 1. The summed E-state index contributed by atoms with van der Waals surface area (Å²) in [6, 6.07) is 16.6. The Bertz CT molecular complexity index is 1530. The average Bonchev–Trinajstić information content (AvgIpc) is 3.59. The van der Waals surface area contributed by atoms with Gasteiger partial charge in [-0.15, -0.1) is 32.9 Å². The van der Waals surface area contributed by atoms with Crippen LogP contribution in [-0.2, 0) is 11.8 Å². The maximum atomic E-state index is 12.6. The third-order valence-electron chi connectivity index (χ3n) is 6.00. The lowest BCUT2D eigenvalue weighted by atomic mass is 10.0. The van der Waals surface area contributed by atoms with Crippen molar-refractivity contribution in [3.63, 3.8) is 0 Å². The van der Waals surface area contributed by atoms with E-state index >= 15 is 0 Å². The molecule has 6 nitrogen and oxygen atoms in total. The van der Waals surface area contributed by atoms with Crippen LogP contribution in [0.2, 0.25) is 0 Å². The number of thiophene rings is 1. The Balaban J connectivity index is 1.26. The normalized spacial score (nSPS) is 11.1. The molecule has 3 heterocycles. The van der Waals surface area contributed by atoms with Gasteiger partial charge in [-0.2, -0.15) is 0 Å². The molecule has 0 aliphatic carbocycles. The zero-order valence-corrected chi connectivity index (χ0v) is 22.9. The van der Waals surface area contributed by atoms with Crippen LogP contribution in [0.15, 0.2) is 64.4 Å². The maximum absolute atomic E-state index is 12.6. The lowest BCUT2D eigenvalue weighted by Crippen LogP contribution is -2.14. The minimum absolute atomic E-state index is 0.123. The Kier molecular flexibility index (Phi) is 7.04. The summed E-state index contributed by atoms with van der Waals surface area (Å²) in [4.78, 5) is 18.5. The Morgan fingerprint density at radius 2 is 1.78 bits per heavy atom. The number of aryl methyl sites for hydroxylation is 3. The molecule has 0 saturated heterocycles. The number of benzene rings is 2. The highest BCUT2D eigenvalue weighted by molar-refractivity contribution is 7.99. The SMILES string of the molecule is Cc1ccc(-c2csc(NC(=O)CSc3nnc(-c4csc(C)c4-c4ccccc4)n3C)n2)cc1C. The molecular formula is C27H25N5OS3. The maximum Gasteiger partial charge on any atom is 0.236 e. The highest BCUT2D eigenvalue weighted by atomic mass is 32.2. The fourth-order valence-electron chi connectivity index (χ4n) is 3.91. The summed E-state index contributed by atoms with van der Waals surface area (Å²) in [5.41, 5.74) is 7.77. The molecule has 2 aromatic carbocycles. The topological polar surface area (TPSA) is 72.7 Å². The Morgan fingerprint density at radius 3 is 2.56 bits per heavy atom. The molecule has 1 N–H and O–H groups in total. The van der Waals surface area contributed by atoms with Crippen molar-refractivity contribution in [2.75, 3.05) is 11.1 Å². The Morgan fingerprint density at radius 1 is 0.972 bits per heavy atom. The Labute approximate surface area is 222 Å². The summed E-state index contributed by atoms with van der Waals surface area (Å²) in [5.74, 6) is 0.889. The van der Waals surface area contributed by atoms with Crippen LogP contribution in [0.1, 0.15) is 16.0 Å². The molecule has 0 aliphatic rings. The molecule has 3 aromatic heterocycles. The number of carbonyl (C=O) groups excluding carboxylic acids is 1. The number of hydrogen-bond donors (Lipinski definition) is 1. The fraction of sp³-hybridized carbons (Fsp3) is 0.185. The molecule has 5 aromatic rings. The first kappa shape index (κ1) is 24.4. The van der Waals surface area contributed by atoms with Crippen molar-refractivity contribution in [1.29, 1.82) is 0 Å². The predicted molar refractivity (Wildman–Crippen MR) is 151 cm³/mol. The van der Waals surface area contributed by atoms with Gasteiger partial charge in [0.05, 0.1) is 11.4 Å². The lowest BCUT2D eigenvalue weighted by molar-refractivity contribution is -0.113. The van der Waals surface area contributed by atoms with Crippen molar-refractivity contribution in [2.24, 2.45) is 7.05 Å². The van der Waals surface area contributed by atoms with E-state index in [1.807, 2.05) is 35.2 Å². The molecule has 0 saturated carbocycles. The van der Waals surface area contributed by atoms with Gasteiger partial charge in [0.25, 0.3) is 0 Å². The van der Waals surface area contributed by atoms with Gasteiger partial charge in [-0.25, -0.2) is 4.98 Å². The number of aromatic nitrogens is 4. The standard InChI is InChI=1S/C27H25N5OS3/c1-16-10-11-20(12-17(16)2)22-14-35-26(28-22)29-23(33)15-36-27-31-30-25(32(27)4)21-13-34-18(3)24(21)19-8-6-5-7-9-19/h5-14H,15H2,1-4H3,(H,28,29,33). The first-order valence-corrected chi connectivity index (χ1v) is 14.1. The predicted octanol–water partition coefficient (Wildman–Crippen LogP) is 6.99. The minimum atomic E-state index is -0.123. The van der Waals surface area contributed by atoms with Crippen molar-refractivity contribution in [3.05, 3.63) is 75.3 Å². The molecule has 0 bridgehead atoms. The zero-order chi connectivity index (χ0) is 25.2. The van der Waals surface area contributed by atoms with Gasteiger partial charge in [-0.05, 0) is 43.5 Å². The van der Waals surface area contributed by atoms with Crippen molar-refractivity contribution in [2.45, 2.75) is 25.9 Å². The number of amides is 1. The van der Waals surface area contributed by atoms with E-state index in [0.29, 0.717) is 10.3 Å². The van der Waals surface area contributed by atoms with Gasteiger partial charge in [0.15, 0.2) is 16.1 Å². The van der Waals surface area contributed by atoms with Crippen LogP contribution >= 0.6 is 34.4 Å². The molecule has 1 amide bonds. The number of anilines is 1. The molecule has 0 aliphatic heterocycles. The highest BCUT2D eigenvalue weighted by Gasteiger charge is 2.19. The van der Waals surface area contributed by atoms with Gasteiger partial charge in [0, 0.05) is 39.4 Å². The molecule has 5 rings (SSSR count). The van der Waals surface area contributed by atoms with Crippen molar-refractivity contribution in [3.8, 4) is 33.8 Å². The van der Waals surface area contributed by atoms with E-state index in [1.165, 1.54) is 44.7 Å². The molecule has 0 unspecified atom stereocenters. The van der Waals surface area contributed by atoms with E-state index in [2.05, 4.69) is 77.0 Å². The van der Waals surface area contributed by atoms with Crippen LogP contribution in [0.3, 0.4) is 0 Å². The number of carbonyl (C=O) groups is 1. The molecule has 182 valence electrons. The quantitative estimate of drug-likeness (QED) is 0.229. The monoisotopic (exact) mass is 531 g/mol. The first-order valence-electron chi connectivity index (χ1n) is 11.4. The van der Waals surface area contributed by atoms with Crippen molar-refractivity contribution < 1.29 is 4.79 Å². The zero-order valence-electron chi connectivity index (χ0n) is 20.4. The van der Waals surface area contributed by atoms with Gasteiger partial charge in [-0.3, -0.25) is 4.79 Å². The number of hydrogen-bond acceptors (Lipinski definition) is 7. The van der Waals surface area contributed by atoms with Crippen LogP contribution < -0.4 is 5.32 Å². The molecule has 0 fully saturated rings. The van der Waals surface area contributed by atoms with Crippen LogP contribution in [0.5, 0.6) is 0 Å². The number of thioether (sulfide) groups is 1. The van der Waals surface area contributed by atoms with E-state index in [4.69, 9.17) is 0 Å².